The fraction of sp³-hybridized carbons (Fsp3) is 0.478. The van der Waals surface area contributed by atoms with E-state index < -0.39 is 0 Å². The Bertz CT molecular complexity index is 2550. The first kappa shape index (κ1) is 39.3. The summed E-state index contributed by atoms with van der Waals surface area (Å²) in [6.07, 6.45) is 18.6. The normalized spacial score (nSPS) is 21.4. The molecule has 61 heavy (non-hydrogen) atoms. The van der Waals surface area contributed by atoms with Crippen molar-refractivity contribution in [2.45, 2.75) is 76.3 Å². The summed E-state index contributed by atoms with van der Waals surface area (Å²) in [7, 11) is 1.58. The number of aromatic nitrogens is 6. The van der Waals surface area contributed by atoms with Crippen molar-refractivity contribution in [3.63, 3.8) is 0 Å². The highest BCUT2D eigenvalue weighted by Crippen LogP contribution is 2.37. The molecule has 2 N–H and O–H groups in total. The molecule has 4 fully saturated rings. The van der Waals surface area contributed by atoms with Crippen molar-refractivity contribution >= 4 is 56.8 Å². The van der Waals surface area contributed by atoms with Crippen LogP contribution in [0, 0.1) is 11.8 Å². The number of nitrogens with zero attached hydrogens (tertiary/aromatic N) is 9. The summed E-state index contributed by atoms with van der Waals surface area (Å²) < 4.78 is 11.8. The van der Waals surface area contributed by atoms with Gasteiger partial charge < -0.3 is 24.4 Å². The molecule has 7 heterocycles. The predicted molar refractivity (Wildman–Crippen MR) is 234 cm³/mol. The van der Waals surface area contributed by atoms with Crippen LogP contribution < -0.4 is 20.3 Å². The van der Waals surface area contributed by atoms with Crippen molar-refractivity contribution in [2.24, 2.45) is 11.8 Å². The van der Waals surface area contributed by atoms with Crippen molar-refractivity contribution in [1.29, 1.82) is 0 Å². The summed E-state index contributed by atoms with van der Waals surface area (Å²) in [6.45, 7) is 7.45. The fourth-order valence-electron chi connectivity index (χ4n) is 10.4. The van der Waals surface area contributed by atoms with Gasteiger partial charge in [-0.2, -0.15) is 14.7 Å². The van der Waals surface area contributed by atoms with Gasteiger partial charge in [-0.05, 0) is 126 Å². The minimum Gasteiger partial charge on any atom is -0.496 e. The molecule has 318 valence electrons. The van der Waals surface area contributed by atoms with Gasteiger partial charge in [0.05, 0.1) is 41.6 Å². The number of hydrogen-bond donors (Lipinski definition) is 2. The third kappa shape index (κ3) is 8.08. The number of amides is 4. The number of fused-ring (bicyclic) bond motifs is 3. The van der Waals surface area contributed by atoms with E-state index in [1.54, 1.807) is 28.9 Å². The first-order valence-electron chi connectivity index (χ1n) is 22.2. The standard InChI is InChI=1S/C46H55N11O4/c1-61-41-27-38-33(26-37(41)45(59)49-43-28-47-42-6-3-18-48-57(42)43)30-56(51-38)35-9-7-32(8-10-35)29-53-20-12-31(13-21-53)11-19-52-22-14-34(15-23-52)54-24-16-36-39(54)4-2-5-40(36)55-25-17-44(58)50-46(55)60/h2-6,16,18,24,26-28,30-32,34-35H,7-15,17,19-23,25,29H2,1H3,(H,49,59)(H,50,58,60). The highest BCUT2D eigenvalue weighted by Gasteiger charge is 2.30. The molecule has 4 amide bonds. The van der Waals surface area contributed by atoms with Crippen LogP contribution in [0.1, 0.15) is 86.6 Å². The Hall–Kier alpha value is -5.80. The number of rotatable bonds is 11. The number of hydrogen-bond acceptors (Lipinski definition) is 9. The van der Waals surface area contributed by atoms with Gasteiger partial charge in [0, 0.05) is 74.1 Å². The Morgan fingerprint density at radius 1 is 0.885 bits per heavy atom. The maximum Gasteiger partial charge on any atom is 0.328 e. The first-order valence-corrected chi connectivity index (χ1v) is 22.2. The van der Waals surface area contributed by atoms with Crippen molar-refractivity contribution in [2.75, 3.05) is 63.1 Å². The third-order valence-electron chi connectivity index (χ3n) is 13.9. The van der Waals surface area contributed by atoms with E-state index in [0.717, 1.165) is 78.1 Å². The average Bonchev–Trinajstić information content (AvgIpc) is 4.03. The zero-order valence-electron chi connectivity index (χ0n) is 34.9. The molecule has 0 spiro atoms. The molecular weight excluding hydrogens is 771 g/mol. The molecule has 10 rings (SSSR count). The molecule has 15 nitrogen and oxygen atoms in total. The van der Waals surface area contributed by atoms with Crippen LogP contribution in [0.15, 0.2) is 73.3 Å². The Balaban J connectivity index is 0.661. The number of carbonyl (C=O) groups is 3. The van der Waals surface area contributed by atoms with E-state index in [1.165, 1.54) is 58.3 Å². The lowest BCUT2D eigenvalue weighted by Crippen LogP contribution is -2.49. The smallest absolute Gasteiger partial charge is 0.328 e. The summed E-state index contributed by atoms with van der Waals surface area (Å²) in [5.41, 5.74) is 3.96. The Morgan fingerprint density at radius 3 is 2.51 bits per heavy atom. The van der Waals surface area contributed by atoms with Gasteiger partial charge >= 0.3 is 6.03 Å². The molecule has 4 aromatic heterocycles. The number of imide groups is 1. The van der Waals surface area contributed by atoms with E-state index in [2.05, 4.69) is 64.3 Å². The van der Waals surface area contributed by atoms with Crippen LogP contribution in [-0.2, 0) is 4.79 Å². The summed E-state index contributed by atoms with van der Waals surface area (Å²) in [5, 5.41) is 16.6. The van der Waals surface area contributed by atoms with Crippen molar-refractivity contribution in [3.05, 3.63) is 78.9 Å². The van der Waals surface area contributed by atoms with Gasteiger partial charge in [0.15, 0.2) is 11.5 Å². The monoisotopic (exact) mass is 825 g/mol. The van der Waals surface area contributed by atoms with Gasteiger partial charge in [-0.3, -0.25) is 24.5 Å². The van der Waals surface area contributed by atoms with Gasteiger partial charge in [0.25, 0.3) is 5.91 Å². The zero-order valence-corrected chi connectivity index (χ0v) is 34.9. The number of ether oxygens (including phenoxy) is 1. The fourth-order valence-corrected chi connectivity index (χ4v) is 10.4. The van der Waals surface area contributed by atoms with Gasteiger partial charge in [-0.1, -0.05) is 6.07 Å². The average molecular weight is 826 g/mol. The maximum absolute atomic E-state index is 13.4. The lowest BCUT2D eigenvalue weighted by molar-refractivity contribution is -0.120. The highest BCUT2D eigenvalue weighted by molar-refractivity contribution is 6.10. The number of nitrogens with one attached hydrogen (secondary N) is 2. The quantitative estimate of drug-likeness (QED) is 0.142. The molecule has 0 radical (unpaired) electrons. The van der Waals surface area contributed by atoms with Crippen LogP contribution in [0.4, 0.5) is 16.3 Å². The summed E-state index contributed by atoms with van der Waals surface area (Å²) in [5.74, 6) is 2.02. The molecular formula is C46H55N11O4. The molecule has 2 aromatic carbocycles. The third-order valence-corrected chi connectivity index (χ3v) is 13.9. The lowest BCUT2D eigenvalue weighted by atomic mass is 9.85. The van der Waals surface area contributed by atoms with Gasteiger partial charge in [-0.25, -0.2) is 9.78 Å². The molecule has 15 heteroatoms. The van der Waals surface area contributed by atoms with Crippen molar-refractivity contribution in [3.8, 4) is 5.75 Å². The van der Waals surface area contributed by atoms with E-state index in [-0.39, 0.29) is 17.8 Å². The minimum atomic E-state index is -0.335. The molecule has 0 unspecified atom stereocenters. The SMILES string of the molecule is COc1cc2nn(C3CCC(CN4CCC(CCN5CCC(n6ccc7c(N8CCC(=O)NC8=O)cccc76)CC5)CC4)CC3)cc2cc1C(=O)Nc1cnc2cccnn12. The van der Waals surface area contributed by atoms with Gasteiger partial charge in [-0.15, -0.1) is 0 Å². The topological polar surface area (TPSA) is 147 Å². The number of piperidine rings is 2. The van der Waals surface area contributed by atoms with E-state index in [0.29, 0.717) is 47.8 Å². The molecule has 3 aliphatic heterocycles. The van der Waals surface area contributed by atoms with E-state index in [9.17, 15) is 14.4 Å². The predicted octanol–water partition coefficient (Wildman–Crippen LogP) is 6.91. The number of imidazole rings is 1. The van der Waals surface area contributed by atoms with Gasteiger partial charge in [0.2, 0.25) is 5.91 Å². The second-order valence-electron chi connectivity index (χ2n) is 17.6. The minimum absolute atomic E-state index is 0.209. The van der Waals surface area contributed by atoms with Crippen molar-refractivity contribution in [1.82, 2.24) is 44.1 Å². The molecule has 4 aliphatic rings. The number of benzene rings is 2. The zero-order chi connectivity index (χ0) is 41.5. The first-order chi connectivity index (χ1) is 29.9. The number of urea groups is 1. The molecule has 0 atom stereocenters. The number of likely N-dealkylation sites (tertiary alicyclic amines) is 2. The van der Waals surface area contributed by atoms with Crippen molar-refractivity contribution < 1.29 is 19.1 Å². The van der Waals surface area contributed by atoms with E-state index in [1.807, 2.05) is 36.4 Å². The number of methoxy groups -OCH3 is 1. The molecule has 6 aromatic rings. The molecule has 1 saturated carbocycles. The van der Waals surface area contributed by atoms with Crippen LogP contribution in [0.25, 0.3) is 27.5 Å². The Labute approximate surface area is 355 Å². The largest absolute Gasteiger partial charge is 0.496 e. The van der Waals surface area contributed by atoms with E-state index in [4.69, 9.17) is 9.84 Å². The highest BCUT2D eigenvalue weighted by atomic mass is 16.5. The maximum atomic E-state index is 13.4. The van der Waals surface area contributed by atoms with Crippen LogP contribution in [0.5, 0.6) is 5.75 Å². The lowest BCUT2D eigenvalue weighted by Gasteiger charge is -2.38. The Morgan fingerprint density at radius 2 is 1.70 bits per heavy atom. The second-order valence-corrected chi connectivity index (χ2v) is 17.6. The van der Waals surface area contributed by atoms with Crippen LogP contribution in [0.3, 0.4) is 0 Å². The number of carbonyl (C=O) groups excluding carboxylic acids is 3. The molecule has 1 aliphatic carbocycles. The van der Waals surface area contributed by atoms with E-state index >= 15 is 0 Å². The summed E-state index contributed by atoms with van der Waals surface area (Å²) in [6, 6.07) is 16.1. The molecule has 0 bridgehead atoms. The van der Waals surface area contributed by atoms with Crippen LogP contribution >= 0.6 is 0 Å². The van der Waals surface area contributed by atoms with Crippen LogP contribution in [-0.4, -0.2) is 110 Å². The Kier molecular flexibility index (Phi) is 10.9. The summed E-state index contributed by atoms with van der Waals surface area (Å²) in [4.78, 5) is 49.1. The van der Waals surface area contributed by atoms with Crippen LogP contribution in [0.2, 0.25) is 0 Å². The summed E-state index contributed by atoms with van der Waals surface area (Å²) >= 11 is 0. The molecule has 3 saturated heterocycles. The van der Waals surface area contributed by atoms with Gasteiger partial charge in [0.1, 0.15) is 5.75 Å². The number of anilines is 2. The second kappa shape index (κ2) is 16.9.